The third-order valence-corrected chi connectivity index (χ3v) is 4.88. The van der Waals surface area contributed by atoms with Crippen molar-refractivity contribution in [2.75, 3.05) is 10.8 Å². The van der Waals surface area contributed by atoms with Crippen molar-refractivity contribution in [2.24, 2.45) is 0 Å². The van der Waals surface area contributed by atoms with Crippen LogP contribution in [0.3, 0.4) is 0 Å². The van der Waals surface area contributed by atoms with Gasteiger partial charge in [0, 0.05) is 12.6 Å². The third kappa shape index (κ3) is 2.77. The summed E-state index contributed by atoms with van der Waals surface area (Å²) in [5.41, 5.74) is 1.61. The number of phenols is 1. The zero-order valence-corrected chi connectivity index (χ0v) is 12.3. The van der Waals surface area contributed by atoms with Gasteiger partial charge < -0.3 is 5.11 Å². The van der Waals surface area contributed by atoms with Gasteiger partial charge in [-0.1, -0.05) is 18.2 Å². The zero-order chi connectivity index (χ0) is 14.8. The molecule has 0 aliphatic heterocycles. The molecule has 2 aromatic rings. The lowest BCUT2D eigenvalue weighted by molar-refractivity contribution is 0.473. The summed E-state index contributed by atoms with van der Waals surface area (Å²) in [5.74, 6) is -0.0635. The lowest BCUT2D eigenvalue weighted by Crippen LogP contribution is -2.30. The molecule has 0 unspecified atom stereocenters. The second kappa shape index (κ2) is 5.54. The third-order valence-electron chi connectivity index (χ3n) is 2.98. The van der Waals surface area contributed by atoms with E-state index in [0.29, 0.717) is 12.2 Å². The Hall–Kier alpha value is -2.01. The average Bonchev–Trinajstić information content (AvgIpc) is 2.39. The number of nitrogens with zero attached hydrogens (tertiary/aromatic N) is 1. The van der Waals surface area contributed by atoms with Gasteiger partial charge >= 0.3 is 0 Å². The van der Waals surface area contributed by atoms with Crippen LogP contribution in [0.25, 0.3) is 0 Å². The van der Waals surface area contributed by atoms with Gasteiger partial charge in [0.2, 0.25) is 0 Å². The van der Waals surface area contributed by atoms with E-state index in [0.717, 1.165) is 5.56 Å². The minimum atomic E-state index is -3.67. The molecule has 106 valence electrons. The van der Waals surface area contributed by atoms with E-state index in [-0.39, 0.29) is 10.6 Å². The molecule has 0 fully saturated rings. The minimum Gasteiger partial charge on any atom is -0.508 e. The van der Waals surface area contributed by atoms with Gasteiger partial charge in [0.05, 0.1) is 10.6 Å². The second-order valence-electron chi connectivity index (χ2n) is 4.51. The lowest BCUT2D eigenvalue weighted by Gasteiger charge is -2.23. The van der Waals surface area contributed by atoms with Crippen LogP contribution in [-0.4, -0.2) is 20.1 Å². The second-order valence-corrected chi connectivity index (χ2v) is 6.37. The average molecular weight is 291 g/mol. The van der Waals surface area contributed by atoms with Gasteiger partial charge in [0.25, 0.3) is 10.0 Å². The molecule has 0 aliphatic rings. The zero-order valence-electron chi connectivity index (χ0n) is 11.4. The van der Waals surface area contributed by atoms with E-state index in [1.54, 1.807) is 13.0 Å². The first-order chi connectivity index (χ1) is 9.45. The number of rotatable bonds is 4. The molecular weight excluding hydrogens is 274 g/mol. The van der Waals surface area contributed by atoms with Gasteiger partial charge in [-0.3, -0.25) is 4.31 Å². The van der Waals surface area contributed by atoms with Gasteiger partial charge in [0.1, 0.15) is 5.75 Å². The lowest BCUT2D eigenvalue weighted by atomic mass is 10.2. The van der Waals surface area contributed by atoms with Crippen LogP contribution in [0, 0.1) is 6.92 Å². The number of aryl methyl sites for hydroxylation is 1. The molecule has 0 saturated heterocycles. The van der Waals surface area contributed by atoms with Crippen LogP contribution in [0.4, 0.5) is 5.69 Å². The summed E-state index contributed by atoms with van der Waals surface area (Å²) in [4.78, 5) is 0.0841. The highest BCUT2D eigenvalue weighted by Gasteiger charge is 2.23. The van der Waals surface area contributed by atoms with E-state index in [1.807, 2.05) is 25.1 Å². The van der Waals surface area contributed by atoms with Crippen molar-refractivity contribution in [3.8, 4) is 5.75 Å². The van der Waals surface area contributed by atoms with Crippen LogP contribution < -0.4 is 4.31 Å². The molecule has 5 heteroatoms. The molecule has 0 spiro atoms. The van der Waals surface area contributed by atoms with Crippen LogP contribution in [0.15, 0.2) is 53.4 Å². The van der Waals surface area contributed by atoms with Crippen molar-refractivity contribution >= 4 is 15.7 Å². The Kier molecular flexibility index (Phi) is 3.99. The number of benzene rings is 2. The predicted octanol–water partition coefficient (Wildman–Crippen LogP) is 2.92. The summed E-state index contributed by atoms with van der Waals surface area (Å²) >= 11 is 0. The molecule has 0 aromatic heterocycles. The molecular formula is C15H17NO3S. The van der Waals surface area contributed by atoms with Crippen molar-refractivity contribution in [1.29, 1.82) is 0 Å². The molecule has 0 amide bonds. The van der Waals surface area contributed by atoms with Crippen molar-refractivity contribution in [3.05, 3.63) is 54.1 Å². The molecule has 0 atom stereocenters. The molecule has 0 aliphatic carbocycles. The van der Waals surface area contributed by atoms with Gasteiger partial charge in [0.15, 0.2) is 0 Å². The van der Waals surface area contributed by atoms with Crippen molar-refractivity contribution in [2.45, 2.75) is 18.7 Å². The van der Waals surface area contributed by atoms with Crippen molar-refractivity contribution in [1.82, 2.24) is 0 Å². The normalized spacial score (nSPS) is 11.3. The van der Waals surface area contributed by atoms with Crippen LogP contribution >= 0.6 is 0 Å². The molecule has 0 heterocycles. The highest BCUT2D eigenvalue weighted by Crippen LogP contribution is 2.25. The Morgan fingerprint density at radius 2 is 1.80 bits per heavy atom. The Morgan fingerprint density at radius 1 is 1.10 bits per heavy atom. The fraction of sp³-hybridized carbons (Fsp3) is 0.200. The minimum absolute atomic E-state index is 0.0635. The summed E-state index contributed by atoms with van der Waals surface area (Å²) < 4.78 is 26.6. The number of sulfonamides is 1. The topological polar surface area (TPSA) is 57.6 Å². The van der Waals surface area contributed by atoms with Crippen LogP contribution in [0.2, 0.25) is 0 Å². The van der Waals surface area contributed by atoms with E-state index < -0.39 is 10.0 Å². The molecule has 0 saturated carbocycles. The molecule has 4 nitrogen and oxygen atoms in total. The van der Waals surface area contributed by atoms with Crippen molar-refractivity contribution in [3.63, 3.8) is 0 Å². The maximum atomic E-state index is 12.6. The maximum Gasteiger partial charge on any atom is 0.264 e. The monoisotopic (exact) mass is 291 g/mol. The van der Waals surface area contributed by atoms with Gasteiger partial charge in [-0.25, -0.2) is 8.42 Å². The summed E-state index contributed by atoms with van der Waals surface area (Å²) in [7, 11) is -3.67. The van der Waals surface area contributed by atoms with Gasteiger partial charge in [-0.2, -0.15) is 0 Å². The number of hydrogen-bond acceptors (Lipinski definition) is 3. The Balaban J connectivity index is 2.50. The first kappa shape index (κ1) is 14.4. The number of anilines is 1. The number of phenolic OH excluding ortho intramolecular Hbond substituents is 1. The van der Waals surface area contributed by atoms with Crippen LogP contribution in [0.1, 0.15) is 12.5 Å². The number of hydrogen-bond donors (Lipinski definition) is 1. The molecule has 0 radical (unpaired) electrons. The SMILES string of the molecule is CCN(c1cccc(C)c1)S(=O)(=O)c1cccc(O)c1. The van der Waals surface area contributed by atoms with E-state index in [9.17, 15) is 13.5 Å². The van der Waals surface area contributed by atoms with Crippen LogP contribution in [0.5, 0.6) is 5.75 Å². The van der Waals surface area contributed by atoms with Crippen molar-refractivity contribution < 1.29 is 13.5 Å². The first-order valence-electron chi connectivity index (χ1n) is 6.33. The maximum absolute atomic E-state index is 12.6. The Labute approximate surface area is 119 Å². The van der Waals surface area contributed by atoms with Gasteiger partial charge in [-0.05, 0) is 43.7 Å². The predicted molar refractivity (Wildman–Crippen MR) is 79.5 cm³/mol. The quantitative estimate of drug-likeness (QED) is 0.942. The summed E-state index contributed by atoms with van der Waals surface area (Å²) in [6.45, 7) is 4.02. The van der Waals surface area contributed by atoms with E-state index in [4.69, 9.17) is 0 Å². The smallest absolute Gasteiger partial charge is 0.264 e. The molecule has 1 N–H and O–H groups in total. The summed E-state index contributed by atoms with van der Waals surface area (Å²) in [6.07, 6.45) is 0. The van der Waals surface area contributed by atoms with E-state index >= 15 is 0 Å². The summed E-state index contributed by atoms with van der Waals surface area (Å²) in [6, 6.07) is 13.0. The molecule has 20 heavy (non-hydrogen) atoms. The standard InChI is InChI=1S/C15H17NO3S/c1-3-16(13-7-4-6-12(2)10-13)20(18,19)15-9-5-8-14(17)11-15/h4-11,17H,3H2,1-2H3. The van der Waals surface area contributed by atoms with Crippen LogP contribution in [-0.2, 0) is 10.0 Å². The van der Waals surface area contributed by atoms with E-state index in [1.165, 1.54) is 28.6 Å². The largest absolute Gasteiger partial charge is 0.508 e. The molecule has 2 aromatic carbocycles. The Morgan fingerprint density at radius 3 is 2.40 bits per heavy atom. The molecule has 2 rings (SSSR count). The van der Waals surface area contributed by atoms with Gasteiger partial charge in [-0.15, -0.1) is 0 Å². The Bertz CT molecular complexity index is 711. The highest BCUT2D eigenvalue weighted by atomic mass is 32.2. The van der Waals surface area contributed by atoms with E-state index in [2.05, 4.69) is 0 Å². The first-order valence-corrected chi connectivity index (χ1v) is 7.77. The fourth-order valence-corrected chi connectivity index (χ4v) is 3.55. The number of aromatic hydroxyl groups is 1. The summed E-state index contributed by atoms with van der Waals surface area (Å²) in [5, 5.41) is 9.46. The highest BCUT2D eigenvalue weighted by molar-refractivity contribution is 7.92. The molecule has 0 bridgehead atoms. The fourth-order valence-electron chi connectivity index (χ4n) is 2.05.